The molecule has 0 saturated heterocycles. The minimum atomic E-state index is -4.46. The van der Waals surface area contributed by atoms with Crippen molar-refractivity contribution in [3.8, 4) is 0 Å². The van der Waals surface area contributed by atoms with Gasteiger partial charge in [-0.1, -0.05) is 286 Å². The van der Waals surface area contributed by atoms with E-state index in [9.17, 15) is 19.0 Å². The molecule has 488 valence electrons. The molecule has 0 aromatic heterocycles. The Morgan fingerprint density at radius 3 is 1.11 bits per heavy atom. The van der Waals surface area contributed by atoms with Gasteiger partial charge in [-0.25, -0.2) is 4.57 Å². The number of phosphoric ester groups is 1. The smallest absolute Gasteiger partial charge is 0.456 e. The summed E-state index contributed by atoms with van der Waals surface area (Å²) in [6.45, 7) is 6.97. The summed E-state index contributed by atoms with van der Waals surface area (Å²) in [6.07, 6.45) is 84.5. The lowest BCUT2D eigenvalue weighted by Crippen LogP contribution is -2.47. The molecule has 0 rings (SSSR count). The molecule has 3 atom stereocenters. The lowest BCUT2D eigenvalue weighted by Gasteiger charge is -2.27. The van der Waals surface area contributed by atoms with Crippen molar-refractivity contribution < 1.29 is 37.3 Å². The van der Waals surface area contributed by atoms with Crippen LogP contribution in [0.15, 0.2) is 85.1 Å². The summed E-state index contributed by atoms with van der Waals surface area (Å²) < 4.78 is 30.8. The number of carbonyl (C=O) groups excluding carboxylic acids is 2. The first-order chi connectivity index (χ1) is 40.9. The fourth-order valence-electron chi connectivity index (χ4n) is 10.1. The number of ether oxygens (including phenoxy) is 1. The number of unbranched alkanes of at least 4 members (excludes halogenated alkanes) is 36. The molecule has 3 unspecified atom stereocenters. The van der Waals surface area contributed by atoms with Crippen molar-refractivity contribution in [1.29, 1.82) is 0 Å². The minimum Gasteiger partial charge on any atom is -0.456 e. The van der Waals surface area contributed by atoms with Crippen LogP contribution in [0.25, 0.3) is 0 Å². The van der Waals surface area contributed by atoms with E-state index in [0.717, 1.165) is 103 Å². The summed E-state index contributed by atoms with van der Waals surface area (Å²) in [7, 11) is 1.48. The van der Waals surface area contributed by atoms with E-state index in [1.54, 1.807) is 0 Å². The number of phosphoric acid groups is 1. The maximum absolute atomic E-state index is 13.6. The maximum Gasteiger partial charge on any atom is 0.472 e. The number of nitrogens with one attached hydrogen (secondary N) is 1. The van der Waals surface area contributed by atoms with Gasteiger partial charge in [0.2, 0.25) is 5.91 Å². The van der Waals surface area contributed by atoms with E-state index >= 15 is 0 Å². The molecule has 0 aromatic carbocycles. The lowest BCUT2D eigenvalue weighted by molar-refractivity contribution is -0.870. The summed E-state index contributed by atoms with van der Waals surface area (Å²) in [4.78, 5) is 37.9. The molecule has 84 heavy (non-hydrogen) atoms. The predicted molar refractivity (Wildman–Crippen MR) is 364 cm³/mol. The van der Waals surface area contributed by atoms with Gasteiger partial charge in [-0.05, 0) is 109 Å². The Morgan fingerprint density at radius 1 is 0.417 bits per heavy atom. The van der Waals surface area contributed by atoms with Crippen LogP contribution in [0, 0.1) is 0 Å². The standard InChI is InChI=1S/C74H135N2O7P/c1-7-10-13-16-19-22-25-28-30-32-34-36-37-38-39-41-43-45-47-49-52-55-58-61-64-67-74(78)83-72(65-62-59-56-53-50-27-24-21-18-15-12-9-3)71(70-82-84(79,80)81-69-68-76(4,5)6)75-73(77)66-63-60-57-54-51-48-46-44-42-40-35-33-31-29-26-23-20-17-14-11-8-2/h19-20,22-23,28-31,35,40,44,46,62,65,71-72H,7-18,21,24-27,32-34,36-39,41-43,45,47-61,63-64,66-70H2,1-6H3,(H-,75,77,79,80)/p+1/b22-19-,23-20-,30-28-,31-29-,40-35-,46-44-,65-62+. The molecular weight excluding hydrogens is 1060 g/mol. The van der Waals surface area contributed by atoms with Crippen molar-refractivity contribution in [3.05, 3.63) is 85.1 Å². The van der Waals surface area contributed by atoms with Gasteiger partial charge < -0.3 is 19.4 Å². The van der Waals surface area contributed by atoms with E-state index in [-0.39, 0.29) is 31.5 Å². The van der Waals surface area contributed by atoms with Crippen molar-refractivity contribution in [2.45, 2.75) is 335 Å². The van der Waals surface area contributed by atoms with Crippen LogP contribution in [0.2, 0.25) is 0 Å². The van der Waals surface area contributed by atoms with Gasteiger partial charge in [0.1, 0.15) is 19.3 Å². The topological polar surface area (TPSA) is 111 Å². The fraction of sp³-hybridized carbons (Fsp3) is 0.784. The molecule has 0 heterocycles. The summed E-state index contributed by atoms with van der Waals surface area (Å²) in [5.74, 6) is -0.519. The zero-order chi connectivity index (χ0) is 61.4. The van der Waals surface area contributed by atoms with Crippen molar-refractivity contribution >= 4 is 19.7 Å². The molecule has 2 N–H and O–H groups in total. The molecule has 0 spiro atoms. The van der Waals surface area contributed by atoms with E-state index in [2.05, 4.69) is 99.0 Å². The van der Waals surface area contributed by atoms with Crippen molar-refractivity contribution in [3.63, 3.8) is 0 Å². The van der Waals surface area contributed by atoms with Gasteiger partial charge in [-0.2, -0.15) is 0 Å². The summed E-state index contributed by atoms with van der Waals surface area (Å²) in [5, 5.41) is 3.06. The van der Waals surface area contributed by atoms with Gasteiger partial charge in [0, 0.05) is 12.8 Å². The second-order valence-corrected chi connectivity index (χ2v) is 26.5. The number of carbonyl (C=O) groups is 2. The van der Waals surface area contributed by atoms with Crippen LogP contribution in [-0.2, 0) is 27.9 Å². The van der Waals surface area contributed by atoms with E-state index in [0.29, 0.717) is 17.4 Å². The molecule has 0 bridgehead atoms. The number of hydrogen-bond acceptors (Lipinski definition) is 6. The summed E-state index contributed by atoms with van der Waals surface area (Å²) in [6, 6.07) is -0.862. The number of rotatable bonds is 64. The number of nitrogens with zero attached hydrogens (tertiary/aromatic N) is 1. The number of hydrogen-bond donors (Lipinski definition) is 2. The van der Waals surface area contributed by atoms with E-state index in [1.165, 1.54) is 186 Å². The zero-order valence-electron chi connectivity index (χ0n) is 55.9. The third-order valence-corrected chi connectivity index (χ3v) is 16.5. The summed E-state index contributed by atoms with van der Waals surface area (Å²) >= 11 is 0. The molecule has 1 amide bonds. The molecule has 0 radical (unpaired) electrons. The third-order valence-electron chi connectivity index (χ3n) is 15.6. The Balaban J connectivity index is 5.10. The van der Waals surface area contributed by atoms with Gasteiger partial charge in [-0.15, -0.1) is 0 Å². The van der Waals surface area contributed by atoms with Crippen LogP contribution in [0.5, 0.6) is 0 Å². The highest BCUT2D eigenvalue weighted by Crippen LogP contribution is 2.43. The van der Waals surface area contributed by atoms with Crippen LogP contribution in [0.1, 0.15) is 323 Å². The highest BCUT2D eigenvalue weighted by atomic mass is 31.2. The molecule has 0 aromatic rings. The quantitative estimate of drug-likeness (QED) is 0.0205. The van der Waals surface area contributed by atoms with E-state index < -0.39 is 20.0 Å². The number of amides is 1. The van der Waals surface area contributed by atoms with Crippen molar-refractivity contribution in [2.24, 2.45) is 0 Å². The monoisotopic (exact) mass is 1200 g/mol. The van der Waals surface area contributed by atoms with Gasteiger partial charge in [0.05, 0.1) is 33.8 Å². The Kier molecular flexibility index (Phi) is 61.1. The Labute approximate surface area is 520 Å². The average Bonchev–Trinajstić information content (AvgIpc) is 3.64. The first-order valence-electron chi connectivity index (χ1n) is 35.4. The highest BCUT2D eigenvalue weighted by molar-refractivity contribution is 7.47. The van der Waals surface area contributed by atoms with Crippen LogP contribution in [-0.4, -0.2) is 74.3 Å². The largest absolute Gasteiger partial charge is 0.472 e. The molecule has 0 saturated carbocycles. The molecule has 10 heteroatoms. The molecular formula is C74H136N2O7P+. The van der Waals surface area contributed by atoms with Gasteiger partial charge in [0.25, 0.3) is 0 Å². The van der Waals surface area contributed by atoms with Crippen LogP contribution < -0.4 is 5.32 Å². The number of allylic oxidation sites excluding steroid dienone is 13. The van der Waals surface area contributed by atoms with Crippen LogP contribution >= 0.6 is 7.82 Å². The van der Waals surface area contributed by atoms with Gasteiger partial charge in [-0.3, -0.25) is 18.6 Å². The minimum absolute atomic E-state index is 0.0340. The van der Waals surface area contributed by atoms with E-state index in [4.69, 9.17) is 13.8 Å². The second-order valence-electron chi connectivity index (χ2n) is 25.0. The lowest BCUT2D eigenvalue weighted by atomic mass is 10.0. The van der Waals surface area contributed by atoms with Crippen LogP contribution in [0.3, 0.4) is 0 Å². The summed E-state index contributed by atoms with van der Waals surface area (Å²) in [5.41, 5.74) is 0. The fourth-order valence-corrected chi connectivity index (χ4v) is 10.8. The molecule has 0 aliphatic rings. The molecule has 0 aliphatic heterocycles. The first-order valence-corrected chi connectivity index (χ1v) is 36.9. The SMILES string of the molecule is CCCCC/C=C\C/C=C\C/C=C\C/C=C\CCCCCCCC(=O)NC(COP(=O)(O)OCC[N+](C)(C)C)C(/C=C/CCCCCCCCCCCC)OC(=O)CCCCCCCCCCCCCCCCC/C=C\C/C=C\CCCCC. The van der Waals surface area contributed by atoms with Gasteiger partial charge in [0.15, 0.2) is 0 Å². The molecule has 9 nitrogen and oxygen atoms in total. The zero-order valence-corrected chi connectivity index (χ0v) is 56.8. The van der Waals surface area contributed by atoms with Gasteiger partial charge >= 0.3 is 13.8 Å². The highest BCUT2D eigenvalue weighted by Gasteiger charge is 2.30. The van der Waals surface area contributed by atoms with Crippen molar-refractivity contribution in [2.75, 3.05) is 40.9 Å². The molecule has 0 aliphatic carbocycles. The van der Waals surface area contributed by atoms with E-state index in [1.807, 2.05) is 33.3 Å². The normalized spacial score (nSPS) is 14.0. The predicted octanol–water partition coefficient (Wildman–Crippen LogP) is 22.5. The van der Waals surface area contributed by atoms with Crippen LogP contribution in [0.4, 0.5) is 0 Å². The Morgan fingerprint density at radius 2 is 0.726 bits per heavy atom. The Hall–Kier alpha value is -2.81. The first kappa shape index (κ1) is 81.2. The number of esters is 1. The maximum atomic E-state index is 13.6. The third kappa shape index (κ3) is 63.7. The molecule has 0 fully saturated rings. The second kappa shape index (κ2) is 63.2. The average molecular weight is 1200 g/mol. The number of quaternary nitrogens is 1. The van der Waals surface area contributed by atoms with Crippen molar-refractivity contribution in [1.82, 2.24) is 5.32 Å². The Bertz CT molecular complexity index is 1710. The number of likely N-dealkylation sites (N-methyl/N-ethyl adjacent to an activating group) is 1.